The van der Waals surface area contributed by atoms with Gasteiger partial charge >= 0.3 is 0 Å². The first-order chi connectivity index (χ1) is 35.0. The highest BCUT2D eigenvalue weighted by Gasteiger charge is 2.71. The van der Waals surface area contributed by atoms with Crippen molar-refractivity contribution in [1.82, 2.24) is 29.7 Å². The third-order valence-corrected chi connectivity index (χ3v) is 17.0. The number of hydrogen-bond donors (Lipinski definition) is 2. The fourth-order valence-corrected chi connectivity index (χ4v) is 13.7. The third kappa shape index (κ3) is 9.60. The Morgan fingerprint density at radius 2 is 0.958 bits per heavy atom. The van der Waals surface area contributed by atoms with E-state index in [2.05, 4.69) is 10.6 Å². The molecular weight excluding hydrogens is 954 g/mol. The highest BCUT2D eigenvalue weighted by molar-refractivity contribution is 6.31. The van der Waals surface area contributed by atoms with E-state index >= 15 is 18.4 Å². The number of halogens is 4. The molecule has 4 saturated carbocycles. The summed E-state index contributed by atoms with van der Waals surface area (Å²) in [7, 11) is 0. The van der Waals surface area contributed by atoms with Crippen molar-refractivity contribution in [3.8, 4) is 11.5 Å². The van der Waals surface area contributed by atoms with Crippen molar-refractivity contribution >= 4 is 57.1 Å². The Bertz CT molecular complexity index is 2870. The van der Waals surface area contributed by atoms with Crippen LogP contribution in [0.15, 0.2) is 84.9 Å². The van der Waals surface area contributed by atoms with Gasteiger partial charge in [0.15, 0.2) is 34.9 Å². The monoisotopic (exact) mass is 1020 g/mol. The van der Waals surface area contributed by atoms with E-state index in [1.54, 1.807) is 48.5 Å². The van der Waals surface area contributed by atoms with Gasteiger partial charge in [0.25, 0.3) is 0 Å². The molecule has 10 nitrogen and oxygen atoms in total. The molecule has 0 spiro atoms. The number of carbonyl (C=O) groups excluding carboxylic acids is 2. The summed E-state index contributed by atoms with van der Waals surface area (Å²) in [5.74, 6) is -1.03. The smallest absolute Gasteiger partial charge is 0.249 e. The Hall–Kier alpha value is -5.20. The normalized spacial score (nSPS) is 20.4. The largest absolute Gasteiger partial charge is 0.483 e. The average Bonchev–Trinajstić information content (AvgIpc) is 3.96. The highest BCUT2D eigenvalue weighted by Crippen LogP contribution is 2.59. The zero-order valence-corrected chi connectivity index (χ0v) is 43.1. The number of fused-ring (bicyclic) bond motifs is 2. The van der Waals surface area contributed by atoms with Crippen LogP contribution in [-0.4, -0.2) is 43.0 Å². The molecule has 4 aliphatic carbocycles. The van der Waals surface area contributed by atoms with Gasteiger partial charge in [-0.05, 0) is 156 Å². The molecule has 0 bridgehead atoms. The van der Waals surface area contributed by atoms with Crippen LogP contribution in [0.3, 0.4) is 0 Å². The fourth-order valence-electron chi connectivity index (χ4n) is 13.4. The number of ether oxygens (including phenoxy) is 2. The van der Waals surface area contributed by atoms with Crippen molar-refractivity contribution in [2.75, 3.05) is 0 Å². The topological polar surface area (TPSA) is 112 Å². The summed E-state index contributed by atoms with van der Waals surface area (Å²) >= 11 is 13.0. The second kappa shape index (κ2) is 21.7. The minimum Gasteiger partial charge on any atom is -0.483 e. The van der Waals surface area contributed by atoms with Gasteiger partial charge < -0.3 is 29.2 Å². The first kappa shape index (κ1) is 50.3. The van der Waals surface area contributed by atoms with Gasteiger partial charge in [-0.2, -0.15) is 0 Å². The molecular formula is C58H68Cl2F2N6O4. The molecule has 2 amide bonds. The fraction of sp³-hybridized carbons (Fsp3) is 0.517. The number of benzene rings is 4. The molecule has 0 radical (unpaired) electrons. The Morgan fingerprint density at radius 1 is 0.542 bits per heavy atom. The van der Waals surface area contributed by atoms with Gasteiger partial charge in [0.05, 0.1) is 22.1 Å². The van der Waals surface area contributed by atoms with Crippen LogP contribution >= 0.6 is 23.2 Å². The predicted octanol–water partition coefficient (Wildman–Crippen LogP) is 14.4. The van der Waals surface area contributed by atoms with E-state index in [1.165, 1.54) is 24.3 Å². The quantitative estimate of drug-likeness (QED) is 0.106. The van der Waals surface area contributed by atoms with Crippen molar-refractivity contribution in [3.05, 3.63) is 118 Å². The summed E-state index contributed by atoms with van der Waals surface area (Å²) in [6, 6.07) is 22.9. The maximum Gasteiger partial charge on any atom is 0.249 e. The van der Waals surface area contributed by atoms with Crippen molar-refractivity contribution in [2.24, 2.45) is 11.8 Å². The SMILES string of the molecule is CC(Oc1ccc(Cl)cc1)c1nc2ccc(F)cc2n1C(C(=O)NC1CCCCC1)(C1CCCCC1)C(C(=O)NC1CCCCC1)(C1CCCCC1)n1c(C(C)Oc2cccc(Cl)c2)nc2ccc(F)cc21. The van der Waals surface area contributed by atoms with Crippen molar-refractivity contribution in [1.29, 1.82) is 0 Å². The standard InChI is InChI=1S/C58H68Cl2F2N6O4/c1-37(71-47-30-26-41(59)27-31-47)53-65-49-32-28-43(61)35-51(49)67(53)57(39-16-7-3-8-17-39,55(69)63-45-21-11-5-12-22-45)58(40-18-9-4-10-19-40,56(70)64-46-23-13-6-14-24-46)68-52-36-44(62)29-33-50(52)66-54(68)38(2)72-48-25-15-20-42(60)34-48/h15,20,25-40,45-46H,3-14,16-19,21-24H2,1-2H3,(H,63,69)(H,64,70). The van der Waals surface area contributed by atoms with E-state index in [1.807, 2.05) is 35.1 Å². The number of imidazole rings is 2. The highest BCUT2D eigenvalue weighted by atomic mass is 35.5. The molecule has 382 valence electrons. The van der Waals surface area contributed by atoms with Gasteiger partial charge in [0.2, 0.25) is 11.8 Å². The van der Waals surface area contributed by atoms with E-state index in [0.717, 1.165) is 103 Å². The van der Waals surface area contributed by atoms with Crippen LogP contribution in [0.1, 0.15) is 166 Å². The van der Waals surface area contributed by atoms with Crippen molar-refractivity contribution in [3.63, 3.8) is 0 Å². The maximum absolute atomic E-state index is 17.6. The molecule has 2 N–H and O–H groups in total. The Kier molecular flexibility index (Phi) is 15.2. The van der Waals surface area contributed by atoms with Gasteiger partial charge in [-0.15, -0.1) is 0 Å². The van der Waals surface area contributed by atoms with Gasteiger partial charge in [-0.25, -0.2) is 18.7 Å². The molecule has 4 atom stereocenters. The summed E-state index contributed by atoms with van der Waals surface area (Å²) < 4.78 is 50.7. The average molecular weight is 1020 g/mol. The number of hydrogen-bond acceptors (Lipinski definition) is 6. The van der Waals surface area contributed by atoms with Gasteiger partial charge in [-0.1, -0.05) is 106 Å². The van der Waals surface area contributed by atoms with Crippen molar-refractivity contribution in [2.45, 2.75) is 178 Å². The summed E-state index contributed by atoms with van der Waals surface area (Å²) in [5.41, 5.74) is -2.22. The number of nitrogens with one attached hydrogen (secondary N) is 2. The van der Waals surface area contributed by atoms with Crippen LogP contribution in [-0.2, 0) is 20.7 Å². The summed E-state index contributed by atoms with van der Waals surface area (Å²) in [5, 5.41) is 8.42. The summed E-state index contributed by atoms with van der Waals surface area (Å²) in [6.07, 6.45) is 14.7. The van der Waals surface area contributed by atoms with Crippen molar-refractivity contribution < 1.29 is 27.8 Å². The molecule has 4 aromatic carbocycles. The first-order valence-corrected chi connectivity index (χ1v) is 27.6. The molecule has 4 aliphatic rings. The molecule has 0 aliphatic heterocycles. The van der Waals surface area contributed by atoms with Gasteiger partial charge in [-0.3, -0.25) is 9.59 Å². The second-order valence-electron chi connectivity index (χ2n) is 21.1. The van der Waals surface area contributed by atoms with E-state index in [-0.39, 0.29) is 23.9 Å². The molecule has 2 aromatic heterocycles. The number of amides is 2. The minimum absolute atomic E-state index is 0.195. The lowest BCUT2D eigenvalue weighted by atomic mass is 9.55. The molecule has 10 rings (SSSR count). The lowest BCUT2D eigenvalue weighted by Gasteiger charge is -2.59. The van der Waals surface area contributed by atoms with Gasteiger partial charge in [0.1, 0.15) is 23.1 Å². The number of rotatable bonds is 15. The van der Waals surface area contributed by atoms with Crippen LogP contribution in [0, 0.1) is 23.5 Å². The first-order valence-electron chi connectivity index (χ1n) is 26.8. The zero-order chi connectivity index (χ0) is 50.0. The molecule has 4 unspecified atom stereocenters. The lowest BCUT2D eigenvalue weighted by molar-refractivity contribution is -0.165. The number of nitrogens with zero attached hydrogens (tertiary/aromatic N) is 4. The second-order valence-corrected chi connectivity index (χ2v) is 22.0. The zero-order valence-electron chi connectivity index (χ0n) is 41.6. The van der Waals surface area contributed by atoms with E-state index < -0.39 is 46.8 Å². The third-order valence-electron chi connectivity index (χ3n) is 16.5. The minimum atomic E-state index is -1.93. The van der Waals surface area contributed by atoms with Crippen LogP contribution in [0.4, 0.5) is 8.78 Å². The maximum atomic E-state index is 17.6. The van der Waals surface area contributed by atoms with E-state index in [4.69, 9.17) is 42.6 Å². The number of aromatic nitrogens is 4. The Morgan fingerprint density at radius 3 is 1.39 bits per heavy atom. The van der Waals surface area contributed by atoms with Crippen LogP contribution in [0.2, 0.25) is 10.0 Å². The molecule has 72 heavy (non-hydrogen) atoms. The van der Waals surface area contributed by atoms with E-state index in [0.29, 0.717) is 80.9 Å². The lowest BCUT2D eigenvalue weighted by Crippen LogP contribution is -2.76. The van der Waals surface area contributed by atoms with Gasteiger partial charge in [0, 0.05) is 22.1 Å². The van der Waals surface area contributed by atoms with Crippen LogP contribution < -0.4 is 20.1 Å². The molecule has 6 aromatic rings. The number of carbonyl (C=O) groups is 2. The molecule has 0 saturated heterocycles. The Labute approximate surface area is 431 Å². The van der Waals surface area contributed by atoms with Crippen LogP contribution in [0.5, 0.6) is 11.5 Å². The predicted molar refractivity (Wildman–Crippen MR) is 280 cm³/mol. The summed E-state index contributed by atoms with van der Waals surface area (Å²) in [4.78, 5) is 45.9. The molecule has 4 fully saturated rings. The molecule has 14 heteroatoms. The Balaban J connectivity index is 1.39. The van der Waals surface area contributed by atoms with Crippen LogP contribution in [0.25, 0.3) is 22.1 Å². The summed E-state index contributed by atoms with van der Waals surface area (Å²) in [6.45, 7) is 3.78. The molecule has 2 heterocycles. The van der Waals surface area contributed by atoms with E-state index in [9.17, 15) is 0 Å².